The summed E-state index contributed by atoms with van der Waals surface area (Å²) in [6.07, 6.45) is -3.74. The van der Waals surface area contributed by atoms with E-state index >= 15 is 0 Å². The summed E-state index contributed by atoms with van der Waals surface area (Å²) in [6.45, 7) is 6.84. The van der Waals surface area contributed by atoms with Crippen LogP contribution in [0.2, 0.25) is 0 Å². The van der Waals surface area contributed by atoms with Gasteiger partial charge < -0.3 is 24.2 Å². The summed E-state index contributed by atoms with van der Waals surface area (Å²) in [5.74, 6) is -0.344. The standard InChI is InChI=1S/C24H29F3N4O4S/c1-13(2)20-19-8-14-7-15(11-32)16(12-36(34)35)9-18(14)30(19)5-6-31(20)22-28-10-17(23(3,4)33)21(29-22)24(25,26)27/h7-10,13,20,32-33H,5-6,11-12H2,1-4H3,(H,34,35)/p-1/t20-/m1/s1. The number of alkyl halides is 3. The summed E-state index contributed by atoms with van der Waals surface area (Å²) >= 11 is -2.33. The molecular formula is C24H28F3N4O4S-. The number of anilines is 1. The quantitative estimate of drug-likeness (QED) is 0.471. The van der Waals surface area contributed by atoms with Crippen LogP contribution >= 0.6 is 0 Å². The van der Waals surface area contributed by atoms with Gasteiger partial charge in [-0.2, -0.15) is 13.2 Å². The number of hydrogen-bond donors (Lipinski definition) is 2. The van der Waals surface area contributed by atoms with Crippen LogP contribution in [0.5, 0.6) is 0 Å². The lowest BCUT2D eigenvalue weighted by atomic mass is 9.96. The Morgan fingerprint density at radius 1 is 1.19 bits per heavy atom. The highest BCUT2D eigenvalue weighted by Crippen LogP contribution is 2.41. The molecule has 0 saturated carbocycles. The summed E-state index contributed by atoms with van der Waals surface area (Å²) in [5, 5.41) is 20.8. The number of benzene rings is 1. The number of halogens is 3. The van der Waals surface area contributed by atoms with Crippen molar-refractivity contribution >= 4 is 27.9 Å². The third-order valence-electron chi connectivity index (χ3n) is 6.49. The monoisotopic (exact) mass is 525 g/mol. The van der Waals surface area contributed by atoms with E-state index in [1.165, 1.54) is 13.8 Å². The zero-order valence-corrected chi connectivity index (χ0v) is 21.2. The number of nitrogens with zero attached hydrogens (tertiary/aromatic N) is 4. The van der Waals surface area contributed by atoms with E-state index in [4.69, 9.17) is 0 Å². The molecule has 12 heteroatoms. The highest BCUT2D eigenvalue weighted by atomic mass is 32.2. The van der Waals surface area contributed by atoms with Gasteiger partial charge in [-0.1, -0.05) is 24.9 Å². The molecule has 0 spiro atoms. The Balaban J connectivity index is 1.84. The van der Waals surface area contributed by atoms with Crippen LogP contribution in [0.25, 0.3) is 10.9 Å². The normalized spacial score (nSPS) is 17.6. The molecule has 1 unspecified atom stereocenters. The van der Waals surface area contributed by atoms with Gasteiger partial charge in [0.2, 0.25) is 5.95 Å². The van der Waals surface area contributed by atoms with Crippen LogP contribution in [0.1, 0.15) is 61.8 Å². The van der Waals surface area contributed by atoms with Gasteiger partial charge in [0.25, 0.3) is 0 Å². The number of hydrogen-bond acceptors (Lipinski definition) is 7. The van der Waals surface area contributed by atoms with Crippen molar-refractivity contribution in [2.45, 2.75) is 64.4 Å². The number of aliphatic hydroxyl groups excluding tert-OH is 1. The number of aliphatic hydroxyl groups is 2. The molecule has 2 aromatic heterocycles. The summed E-state index contributed by atoms with van der Waals surface area (Å²) < 4.78 is 66.3. The van der Waals surface area contributed by atoms with Gasteiger partial charge in [0.05, 0.1) is 18.2 Å². The predicted molar refractivity (Wildman–Crippen MR) is 128 cm³/mol. The van der Waals surface area contributed by atoms with Gasteiger partial charge in [-0.05, 0) is 49.1 Å². The number of aromatic nitrogens is 3. The van der Waals surface area contributed by atoms with Crippen LogP contribution in [-0.4, -0.2) is 40.1 Å². The van der Waals surface area contributed by atoms with Crippen LogP contribution in [0.4, 0.5) is 19.1 Å². The first kappa shape index (κ1) is 26.5. The van der Waals surface area contributed by atoms with Gasteiger partial charge in [0.15, 0.2) is 5.69 Å². The molecule has 2 N–H and O–H groups in total. The van der Waals surface area contributed by atoms with Gasteiger partial charge in [-0.15, -0.1) is 0 Å². The van der Waals surface area contributed by atoms with Gasteiger partial charge in [0.1, 0.15) is 0 Å². The Morgan fingerprint density at radius 3 is 2.44 bits per heavy atom. The Kier molecular flexibility index (Phi) is 6.93. The Labute approximate surface area is 209 Å². The third-order valence-corrected chi connectivity index (χ3v) is 7.04. The van der Waals surface area contributed by atoms with Crippen LogP contribution in [0, 0.1) is 5.92 Å². The molecule has 0 fully saturated rings. The highest BCUT2D eigenvalue weighted by Gasteiger charge is 2.41. The molecule has 196 valence electrons. The molecule has 1 aromatic carbocycles. The average molecular weight is 526 g/mol. The van der Waals surface area contributed by atoms with Gasteiger partial charge in [-0.25, -0.2) is 9.97 Å². The molecule has 3 aromatic rings. The lowest BCUT2D eigenvalue weighted by Gasteiger charge is -2.40. The van der Waals surface area contributed by atoms with Crippen molar-refractivity contribution in [2.75, 3.05) is 11.4 Å². The highest BCUT2D eigenvalue weighted by molar-refractivity contribution is 7.78. The molecule has 1 aliphatic heterocycles. The SMILES string of the molecule is CC(C)[C@@H]1c2cc3cc(CO)c(CS(=O)[O-])cc3n2CCN1c1ncc(C(C)(C)O)c(C(F)(F)F)n1. The van der Waals surface area contributed by atoms with Gasteiger partial charge >= 0.3 is 6.18 Å². The molecular weight excluding hydrogens is 497 g/mol. The summed E-state index contributed by atoms with van der Waals surface area (Å²) in [4.78, 5) is 9.85. The Morgan fingerprint density at radius 2 is 1.89 bits per heavy atom. The van der Waals surface area contributed by atoms with E-state index in [1.807, 2.05) is 24.5 Å². The van der Waals surface area contributed by atoms with E-state index in [1.54, 1.807) is 17.0 Å². The molecule has 3 heterocycles. The fraction of sp³-hybridized carbons (Fsp3) is 0.500. The van der Waals surface area contributed by atoms with Crippen molar-refractivity contribution in [1.82, 2.24) is 14.5 Å². The molecule has 0 saturated heterocycles. The first-order valence-corrected chi connectivity index (χ1v) is 12.7. The largest absolute Gasteiger partial charge is 0.772 e. The fourth-order valence-corrected chi connectivity index (χ4v) is 5.45. The smallest absolute Gasteiger partial charge is 0.433 e. The van der Waals surface area contributed by atoms with E-state index in [0.29, 0.717) is 24.2 Å². The van der Waals surface area contributed by atoms with Crippen molar-refractivity contribution in [2.24, 2.45) is 5.92 Å². The third kappa shape index (κ3) is 4.86. The van der Waals surface area contributed by atoms with E-state index in [0.717, 1.165) is 22.8 Å². The van der Waals surface area contributed by atoms with Gasteiger partial charge in [-0.3, -0.25) is 4.21 Å². The lowest BCUT2D eigenvalue weighted by molar-refractivity contribution is -0.144. The molecule has 0 amide bonds. The molecule has 36 heavy (non-hydrogen) atoms. The van der Waals surface area contributed by atoms with Crippen molar-refractivity contribution < 1.29 is 32.1 Å². The molecule has 0 aliphatic carbocycles. The van der Waals surface area contributed by atoms with Crippen molar-refractivity contribution in [1.29, 1.82) is 0 Å². The number of rotatable bonds is 6. The van der Waals surface area contributed by atoms with Crippen molar-refractivity contribution in [3.8, 4) is 0 Å². The predicted octanol–water partition coefficient (Wildman–Crippen LogP) is 3.77. The minimum absolute atomic E-state index is 0.0359. The minimum atomic E-state index is -4.77. The molecule has 0 bridgehead atoms. The number of fused-ring (bicyclic) bond motifs is 3. The Hall–Kier alpha value is -2.54. The molecule has 2 atom stereocenters. The van der Waals surface area contributed by atoms with Gasteiger partial charge in [0, 0.05) is 47.2 Å². The minimum Gasteiger partial charge on any atom is -0.772 e. The van der Waals surface area contributed by atoms with Crippen LogP contribution in [0.15, 0.2) is 24.4 Å². The van der Waals surface area contributed by atoms with Crippen LogP contribution in [0.3, 0.4) is 0 Å². The maximum absolute atomic E-state index is 13.9. The summed E-state index contributed by atoms with van der Waals surface area (Å²) in [7, 11) is 0. The maximum atomic E-state index is 13.9. The average Bonchev–Trinajstić information content (AvgIpc) is 3.13. The van der Waals surface area contributed by atoms with Crippen molar-refractivity contribution in [3.05, 3.63) is 52.5 Å². The topological polar surface area (TPSA) is 115 Å². The first-order chi connectivity index (χ1) is 16.7. The van der Waals surface area contributed by atoms with Crippen molar-refractivity contribution in [3.63, 3.8) is 0 Å². The first-order valence-electron chi connectivity index (χ1n) is 11.5. The van der Waals surface area contributed by atoms with E-state index in [9.17, 15) is 32.1 Å². The van der Waals surface area contributed by atoms with E-state index in [2.05, 4.69) is 9.97 Å². The molecule has 8 nitrogen and oxygen atoms in total. The lowest BCUT2D eigenvalue weighted by Crippen LogP contribution is -2.42. The second-order valence-corrected chi connectivity index (χ2v) is 10.8. The van der Waals surface area contributed by atoms with E-state index < -0.39 is 34.1 Å². The van der Waals surface area contributed by atoms with Crippen LogP contribution in [-0.2, 0) is 41.8 Å². The molecule has 1 aliphatic rings. The zero-order chi connectivity index (χ0) is 26.6. The molecule has 0 radical (unpaired) electrons. The molecule has 4 rings (SSSR count). The zero-order valence-electron chi connectivity index (χ0n) is 20.3. The Bertz CT molecular complexity index is 1320. The maximum Gasteiger partial charge on any atom is 0.433 e. The second kappa shape index (κ2) is 9.40. The van der Waals surface area contributed by atoms with Crippen LogP contribution < -0.4 is 4.90 Å². The summed E-state index contributed by atoms with van der Waals surface area (Å²) in [6, 6.07) is 5.05. The fourth-order valence-electron chi connectivity index (χ4n) is 4.93. The second-order valence-electron chi connectivity index (χ2n) is 9.88. The van der Waals surface area contributed by atoms with E-state index in [-0.39, 0.29) is 30.3 Å². The summed E-state index contributed by atoms with van der Waals surface area (Å²) in [5.41, 5.74) is -0.704.